The molecule has 1 aromatic carbocycles. The predicted molar refractivity (Wildman–Crippen MR) is 88.2 cm³/mol. The van der Waals surface area contributed by atoms with E-state index in [4.69, 9.17) is 0 Å². The van der Waals surface area contributed by atoms with Crippen LogP contribution in [0.2, 0.25) is 0 Å². The Balaban J connectivity index is 3.12. The Kier molecular flexibility index (Phi) is 6.52. The van der Waals surface area contributed by atoms with Gasteiger partial charge in [0.2, 0.25) is 10.0 Å². The molecule has 0 bridgehead atoms. The maximum atomic E-state index is 12.4. The number of sulfonamides is 1. The highest BCUT2D eigenvalue weighted by molar-refractivity contribution is 7.89. The molecular weight excluding hydrogens is 300 g/mol. The highest BCUT2D eigenvalue weighted by Gasteiger charge is 2.19. The highest BCUT2D eigenvalue weighted by atomic mass is 32.2. The van der Waals surface area contributed by atoms with Crippen molar-refractivity contribution in [3.05, 3.63) is 55.1 Å². The molecule has 0 aliphatic heterocycles. The molecule has 1 N–H and O–H groups in total. The van der Waals surface area contributed by atoms with Gasteiger partial charge < -0.3 is 4.90 Å². The zero-order valence-corrected chi connectivity index (χ0v) is 13.8. The van der Waals surface area contributed by atoms with Crippen LogP contribution in [0.4, 0.5) is 0 Å². The number of nitrogens with zero attached hydrogens (tertiary/aromatic N) is 1. The Hall–Kier alpha value is -1.92. The predicted octanol–water partition coefficient (Wildman–Crippen LogP) is 2.19. The topological polar surface area (TPSA) is 66.5 Å². The molecule has 0 aliphatic rings. The van der Waals surface area contributed by atoms with E-state index in [1.54, 1.807) is 38.1 Å². The average Bonchev–Trinajstić information content (AvgIpc) is 2.45. The number of carbonyl (C=O) groups is 1. The lowest BCUT2D eigenvalue weighted by Crippen LogP contribution is -2.32. The molecule has 0 radical (unpaired) electrons. The van der Waals surface area contributed by atoms with Crippen molar-refractivity contribution in [1.29, 1.82) is 0 Å². The summed E-state index contributed by atoms with van der Waals surface area (Å²) in [5.74, 6) is -0.263. The van der Waals surface area contributed by atoms with Crippen molar-refractivity contribution in [2.45, 2.75) is 24.8 Å². The SMILES string of the molecule is C=CCN(CC=C)C(=O)c1cccc(S(=O)(=O)NC(C)C)c1. The van der Waals surface area contributed by atoms with Crippen molar-refractivity contribution in [3.63, 3.8) is 0 Å². The van der Waals surface area contributed by atoms with Gasteiger partial charge in [-0.3, -0.25) is 4.79 Å². The summed E-state index contributed by atoms with van der Waals surface area (Å²) in [5.41, 5.74) is 0.315. The summed E-state index contributed by atoms with van der Waals surface area (Å²) in [6.07, 6.45) is 3.23. The fourth-order valence-electron chi connectivity index (χ4n) is 1.91. The quantitative estimate of drug-likeness (QED) is 0.746. The molecule has 0 saturated carbocycles. The zero-order chi connectivity index (χ0) is 16.8. The fourth-order valence-corrected chi connectivity index (χ4v) is 3.21. The minimum atomic E-state index is -3.63. The molecule has 0 aromatic heterocycles. The fraction of sp³-hybridized carbons (Fsp3) is 0.312. The molecular formula is C16H22N2O3S. The van der Waals surface area contributed by atoms with E-state index in [2.05, 4.69) is 17.9 Å². The number of hydrogen-bond donors (Lipinski definition) is 1. The third kappa shape index (κ3) is 4.82. The molecule has 0 heterocycles. The molecule has 0 fully saturated rings. The van der Waals surface area contributed by atoms with Gasteiger partial charge in [-0.15, -0.1) is 13.2 Å². The monoisotopic (exact) mass is 322 g/mol. The third-order valence-corrected chi connectivity index (χ3v) is 4.42. The summed E-state index contributed by atoms with van der Waals surface area (Å²) in [6, 6.07) is 5.78. The van der Waals surface area contributed by atoms with E-state index in [-0.39, 0.29) is 16.8 Å². The molecule has 1 amide bonds. The van der Waals surface area contributed by atoms with Gasteiger partial charge in [0.1, 0.15) is 0 Å². The van der Waals surface area contributed by atoms with Crippen LogP contribution in [0.3, 0.4) is 0 Å². The van der Waals surface area contributed by atoms with E-state index < -0.39 is 10.0 Å². The molecule has 6 heteroatoms. The molecule has 0 saturated heterocycles. The normalized spacial score (nSPS) is 11.2. The van der Waals surface area contributed by atoms with Gasteiger partial charge in [0.15, 0.2) is 0 Å². The van der Waals surface area contributed by atoms with E-state index in [0.29, 0.717) is 18.7 Å². The minimum absolute atomic E-state index is 0.0733. The maximum Gasteiger partial charge on any atom is 0.254 e. The average molecular weight is 322 g/mol. The molecule has 1 rings (SSSR count). The van der Waals surface area contributed by atoms with Crippen molar-refractivity contribution in [1.82, 2.24) is 9.62 Å². The number of hydrogen-bond acceptors (Lipinski definition) is 3. The maximum absolute atomic E-state index is 12.4. The molecule has 1 aromatic rings. The smallest absolute Gasteiger partial charge is 0.254 e. The van der Waals surface area contributed by atoms with Crippen molar-refractivity contribution in [2.24, 2.45) is 0 Å². The number of amides is 1. The standard InChI is InChI=1S/C16H22N2O3S/c1-5-10-18(11-6-2)16(19)14-8-7-9-15(12-14)22(20,21)17-13(3)4/h5-9,12-13,17H,1-2,10-11H2,3-4H3. The lowest BCUT2D eigenvalue weighted by Gasteiger charge is -2.19. The van der Waals surface area contributed by atoms with Crippen LogP contribution >= 0.6 is 0 Å². The Morgan fingerprint density at radius 1 is 1.27 bits per heavy atom. The Labute approximate surface area is 132 Å². The van der Waals surface area contributed by atoms with Crippen LogP contribution in [0.25, 0.3) is 0 Å². The van der Waals surface area contributed by atoms with Crippen LogP contribution in [0, 0.1) is 0 Å². The summed E-state index contributed by atoms with van der Waals surface area (Å²) in [7, 11) is -3.63. The van der Waals surface area contributed by atoms with E-state index in [9.17, 15) is 13.2 Å². The summed E-state index contributed by atoms with van der Waals surface area (Å²) < 4.78 is 26.8. The van der Waals surface area contributed by atoms with Crippen LogP contribution in [-0.4, -0.2) is 38.4 Å². The summed E-state index contributed by atoms with van der Waals surface area (Å²) in [6.45, 7) is 11.4. The molecule has 120 valence electrons. The Bertz CT molecular complexity index is 641. The van der Waals surface area contributed by atoms with Crippen molar-refractivity contribution < 1.29 is 13.2 Å². The van der Waals surface area contributed by atoms with Crippen LogP contribution in [0.1, 0.15) is 24.2 Å². The Morgan fingerprint density at radius 2 is 1.86 bits per heavy atom. The molecule has 5 nitrogen and oxygen atoms in total. The van der Waals surface area contributed by atoms with Crippen LogP contribution in [-0.2, 0) is 10.0 Å². The van der Waals surface area contributed by atoms with Gasteiger partial charge in [-0.1, -0.05) is 18.2 Å². The third-order valence-electron chi connectivity index (χ3n) is 2.77. The van der Waals surface area contributed by atoms with Crippen molar-refractivity contribution in [2.75, 3.05) is 13.1 Å². The van der Waals surface area contributed by atoms with E-state index in [1.165, 1.54) is 17.0 Å². The first-order valence-corrected chi connectivity index (χ1v) is 8.43. The second kappa shape index (κ2) is 7.91. The van der Waals surface area contributed by atoms with Crippen molar-refractivity contribution >= 4 is 15.9 Å². The van der Waals surface area contributed by atoms with Crippen LogP contribution < -0.4 is 4.72 Å². The van der Waals surface area contributed by atoms with Gasteiger partial charge in [0.25, 0.3) is 5.91 Å². The van der Waals surface area contributed by atoms with Gasteiger partial charge in [0.05, 0.1) is 4.90 Å². The summed E-state index contributed by atoms with van der Waals surface area (Å²) in [5, 5.41) is 0. The first kappa shape index (κ1) is 18.1. The van der Waals surface area contributed by atoms with E-state index >= 15 is 0 Å². The lowest BCUT2D eigenvalue weighted by atomic mass is 10.2. The first-order chi connectivity index (χ1) is 10.3. The summed E-state index contributed by atoms with van der Waals surface area (Å²) in [4.78, 5) is 14.0. The van der Waals surface area contributed by atoms with Gasteiger partial charge in [-0.05, 0) is 32.0 Å². The number of carbonyl (C=O) groups excluding carboxylic acids is 1. The molecule has 0 atom stereocenters. The number of benzene rings is 1. The van der Waals surface area contributed by atoms with Crippen LogP contribution in [0.5, 0.6) is 0 Å². The van der Waals surface area contributed by atoms with Gasteiger partial charge >= 0.3 is 0 Å². The number of rotatable bonds is 8. The molecule has 0 unspecified atom stereocenters. The second-order valence-corrected chi connectivity index (χ2v) is 6.81. The second-order valence-electron chi connectivity index (χ2n) is 5.09. The van der Waals surface area contributed by atoms with Crippen LogP contribution in [0.15, 0.2) is 54.5 Å². The van der Waals surface area contributed by atoms with Gasteiger partial charge in [0, 0.05) is 24.7 Å². The first-order valence-electron chi connectivity index (χ1n) is 6.95. The van der Waals surface area contributed by atoms with E-state index in [1.807, 2.05) is 0 Å². The zero-order valence-electron chi connectivity index (χ0n) is 13.0. The highest BCUT2D eigenvalue weighted by Crippen LogP contribution is 2.14. The lowest BCUT2D eigenvalue weighted by molar-refractivity contribution is 0.0790. The largest absolute Gasteiger partial charge is 0.331 e. The molecule has 0 aliphatic carbocycles. The summed E-state index contributed by atoms with van der Waals surface area (Å²) >= 11 is 0. The van der Waals surface area contributed by atoms with Gasteiger partial charge in [-0.25, -0.2) is 13.1 Å². The minimum Gasteiger partial charge on any atom is -0.331 e. The number of nitrogens with one attached hydrogen (secondary N) is 1. The van der Waals surface area contributed by atoms with E-state index in [0.717, 1.165) is 0 Å². The molecule has 0 spiro atoms. The van der Waals surface area contributed by atoms with Gasteiger partial charge in [-0.2, -0.15) is 0 Å². The Morgan fingerprint density at radius 3 is 2.36 bits per heavy atom. The van der Waals surface area contributed by atoms with Crippen molar-refractivity contribution in [3.8, 4) is 0 Å². The molecule has 22 heavy (non-hydrogen) atoms.